The zero-order valence-electron chi connectivity index (χ0n) is 11.7. The van der Waals surface area contributed by atoms with Crippen LogP contribution in [0.1, 0.15) is 18.9 Å². The molecule has 0 unspecified atom stereocenters. The van der Waals surface area contributed by atoms with Crippen LogP contribution in [0.15, 0.2) is 30.5 Å². The van der Waals surface area contributed by atoms with Crippen molar-refractivity contribution in [3.05, 3.63) is 36.0 Å². The second-order valence-electron chi connectivity index (χ2n) is 5.62. The summed E-state index contributed by atoms with van der Waals surface area (Å²) in [6, 6.07) is 8.48. The number of carboxylic acid groups (broad SMARTS) is 1. The molecule has 20 heavy (non-hydrogen) atoms. The van der Waals surface area contributed by atoms with Gasteiger partial charge in [-0.25, -0.2) is 0 Å². The van der Waals surface area contributed by atoms with Crippen molar-refractivity contribution >= 4 is 16.9 Å². The SMILES string of the molecule is CCn1cc(CN2CC(CC(=O)O)C2)c2ccccc21. The highest BCUT2D eigenvalue weighted by molar-refractivity contribution is 5.83. The number of para-hydroxylation sites is 1. The van der Waals surface area contributed by atoms with E-state index < -0.39 is 5.97 Å². The summed E-state index contributed by atoms with van der Waals surface area (Å²) in [6.45, 7) is 5.85. The Morgan fingerprint density at radius 3 is 2.80 bits per heavy atom. The monoisotopic (exact) mass is 272 g/mol. The zero-order valence-corrected chi connectivity index (χ0v) is 11.7. The third kappa shape index (κ3) is 2.43. The fourth-order valence-electron chi connectivity index (χ4n) is 3.13. The summed E-state index contributed by atoms with van der Waals surface area (Å²) in [5.41, 5.74) is 2.63. The van der Waals surface area contributed by atoms with E-state index in [2.05, 4.69) is 46.9 Å². The maximum atomic E-state index is 10.7. The molecule has 0 bridgehead atoms. The van der Waals surface area contributed by atoms with E-state index in [1.165, 1.54) is 16.5 Å². The van der Waals surface area contributed by atoms with Gasteiger partial charge in [0.2, 0.25) is 0 Å². The van der Waals surface area contributed by atoms with Gasteiger partial charge in [0.25, 0.3) is 0 Å². The van der Waals surface area contributed by atoms with Crippen molar-refractivity contribution in [3.8, 4) is 0 Å². The minimum Gasteiger partial charge on any atom is -0.481 e. The van der Waals surface area contributed by atoms with Gasteiger partial charge in [-0.1, -0.05) is 18.2 Å². The summed E-state index contributed by atoms with van der Waals surface area (Å²) in [5.74, 6) is -0.357. The smallest absolute Gasteiger partial charge is 0.303 e. The van der Waals surface area contributed by atoms with Crippen molar-refractivity contribution in [1.29, 1.82) is 0 Å². The lowest BCUT2D eigenvalue weighted by atomic mass is 9.96. The molecule has 4 nitrogen and oxygen atoms in total. The van der Waals surface area contributed by atoms with Crippen LogP contribution in [-0.4, -0.2) is 33.6 Å². The molecule has 0 radical (unpaired) electrons. The molecule has 0 spiro atoms. The number of carboxylic acids is 1. The Hall–Kier alpha value is -1.81. The summed E-state index contributed by atoms with van der Waals surface area (Å²) >= 11 is 0. The van der Waals surface area contributed by atoms with Crippen LogP contribution in [0.25, 0.3) is 10.9 Å². The Kier molecular flexibility index (Phi) is 3.49. The standard InChI is InChI=1S/C16H20N2O2/c1-2-18-11-13(14-5-3-4-6-15(14)18)10-17-8-12(9-17)7-16(19)20/h3-6,11-12H,2,7-10H2,1H3,(H,19,20). The molecule has 2 heterocycles. The number of aliphatic carboxylic acids is 1. The summed E-state index contributed by atoms with van der Waals surface area (Å²) in [7, 11) is 0. The van der Waals surface area contributed by atoms with Gasteiger partial charge in [0, 0.05) is 43.3 Å². The third-order valence-corrected chi connectivity index (χ3v) is 4.10. The van der Waals surface area contributed by atoms with Gasteiger partial charge in [-0.2, -0.15) is 0 Å². The van der Waals surface area contributed by atoms with E-state index in [0.717, 1.165) is 26.2 Å². The number of hydrogen-bond acceptors (Lipinski definition) is 2. The van der Waals surface area contributed by atoms with E-state index in [1.54, 1.807) is 0 Å². The van der Waals surface area contributed by atoms with Gasteiger partial charge in [0.05, 0.1) is 6.42 Å². The van der Waals surface area contributed by atoms with Crippen LogP contribution in [0.3, 0.4) is 0 Å². The first kappa shape index (κ1) is 13.2. The number of fused-ring (bicyclic) bond motifs is 1. The Morgan fingerprint density at radius 2 is 2.10 bits per heavy atom. The van der Waals surface area contributed by atoms with Crippen LogP contribution in [-0.2, 0) is 17.9 Å². The summed E-state index contributed by atoms with van der Waals surface area (Å²) in [4.78, 5) is 13.0. The van der Waals surface area contributed by atoms with Crippen LogP contribution in [0.5, 0.6) is 0 Å². The average Bonchev–Trinajstić information content (AvgIpc) is 2.74. The number of aryl methyl sites for hydroxylation is 1. The van der Waals surface area contributed by atoms with Gasteiger partial charge in [-0.3, -0.25) is 9.69 Å². The molecule has 1 fully saturated rings. The second-order valence-corrected chi connectivity index (χ2v) is 5.62. The second kappa shape index (κ2) is 5.29. The van der Waals surface area contributed by atoms with Crippen LogP contribution in [0, 0.1) is 5.92 Å². The van der Waals surface area contributed by atoms with Crippen molar-refractivity contribution in [2.24, 2.45) is 5.92 Å². The number of rotatable bonds is 5. The van der Waals surface area contributed by atoms with Gasteiger partial charge < -0.3 is 9.67 Å². The maximum absolute atomic E-state index is 10.7. The lowest BCUT2D eigenvalue weighted by Gasteiger charge is -2.38. The fourth-order valence-corrected chi connectivity index (χ4v) is 3.13. The van der Waals surface area contributed by atoms with Crippen molar-refractivity contribution in [3.63, 3.8) is 0 Å². The van der Waals surface area contributed by atoms with Crippen molar-refractivity contribution in [2.75, 3.05) is 13.1 Å². The molecule has 4 heteroatoms. The first-order valence-electron chi connectivity index (χ1n) is 7.18. The molecule has 0 aliphatic carbocycles. The molecule has 2 aromatic rings. The van der Waals surface area contributed by atoms with Crippen molar-refractivity contribution in [2.45, 2.75) is 26.4 Å². The summed E-state index contributed by atoms with van der Waals surface area (Å²) in [6.07, 6.45) is 2.53. The molecule has 1 aliphatic heterocycles. The summed E-state index contributed by atoms with van der Waals surface area (Å²) in [5, 5.41) is 10.1. The van der Waals surface area contributed by atoms with E-state index >= 15 is 0 Å². The lowest BCUT2D eigenvalue weighted by Crippen LogP contribution is -2.46. The molecule has 1 aliphatic rings. The highest BCUT2D eigenvalue weighted by Gasteiger charge is 2.28. The van der Waals surface area contributed by atoms with Crippen LogP contribution >= 0.6 is 0 Å². The largest absolute Gasteiger partial charge is 0.481 e. The first-order chi connectivity index (χ1) is 9.67. The predicted octanol–water partition coefficient (Wildman–Crippen LogP) is 2.57. The number of nitrogens with zero attached hydrogens (tertiary/aromatic N) is 2. The highest BCUT2D eigenvalue weighted by atomic mass is 16.4. The molecule has 1 N–H and O–H groups in total. The molecular formula is C16H20N2O2. The van der Waals surface area contributed by atoms with Gasteiger partial charge in [-0.05, 0) is 24.5 Å². The first-order valence-corrected chi connectivity index (χ1v) is 7.18. The molecule has 3 rings (SSSR count). The number of hydrogen-bond donors (Lipinski definition) is 1. The van der Waals surface area contributed by atoms with E-state index in [0.29, 0.717) is 12.3 Å². The van der Waals surface area contributed by atoms with E-state index in [9.17, 15) is 4.79 Å². The van der Waals surface area contributed by atoms with Crippen molar-refractivity contribution in [1.82, 2.24) is 9.47 Å². The number of aromatic nitrogens is 1. The molecule has 106 valence electrons. The molecule has 0 saturated carbocycles. The zero-order chi connectivity index (χ0) is 14.1. The number of likely N-dealkylation sites (tertiary alicyclic amines) is 1. The van der Waals surface area contributed by atoms with Gasteiger partial charge >= 0.3 is 5.97 Å². The molecule has 0 amide bonds. The minimum atomic E-state index is -0.683. The molecule has 1 aromatic heterocycles. The number of carbonyl (C=O) groups is 1. The van der Waals surface area contributed by atoms with Gasteiger partial charge in [0.1, 0.15) is 0 Å². The normalized spacial score (nSPS) is 16.4. The maximum Gasteiger partial charge on any atom is 0.303 e. The van der Waals surface area contributed by atoms with Crippen LogP contribution in [0.4, 0.5) is 0 Å². The third-order valence-electron chi connectivity index (χ3n) is 4.10. The molecular weight excluding hydrogens is 252 g/mol. The average molecular weight is 272 g/mol. The van der Waals surface area contributed by atoms with E-state index in [1.807, 2.05) is 0 Å². The Balaban J connectivity index is 1.71. The Morgan fingerprint density at radius 1 is 1.35 bits per heavy atom. The predicted molar refractivity (Wildman–Crippen MR) is 78.6 cm³/mol. The lowest BCUT2D eigenvalue weighted by molar-refractivity contribution is -0.139. The van der Waals surface area contributed by atoms with E-state index in [4.69, 9.17) is 5.11 Å². The van der Waals surface area contributed by atoms with E-state index in [-0.39, 0.29) is 0 Å². The van der Waals surface area contributed by atoms with Gasteiger partial charge in [0.15, 0.2) is 0 Å². The quantitative estimate of drug-likeness (QED) is 0.910. The van der Waals surface area contributed by atoms with Crippen LogP contribution < -0.4 is 0 Å². The van der Waals surface area contributed by atoms with Gasteiger partial charge in [-0.15, -0.1) is 0 Å². The molecule has 0 atom stereocenters. The minimum absolute atomic E-state index is 0.299. The summed E-state index contributed by atoms with van der Waals surface area (Å²) < 4.78 is 2.28. The van der Waals surface area contributed by atoms with Crippen LogP contribution in [0.2, 0.25) is 0 Å². The fraction of sp³-hybridized carbons (Fsp3) is 0.438. The molecule has 1 saturated heterocycles. The molecule has 1 aromatic carbocycles. The Labute approximate surface area is 118 Å². The highest BCUT2D eigenvalue weighted by Crippen LogP contribution is 2.26. The number of benzene rings is 1. The Bertz CT molecular complexity index is 626. The van der Waals surface area contributed by atoms with Crippen molar-refractivity contribution < 1.29 is 9.90 Å². The topological polar surface area (TPSA) is 45.5 Å².